The van der Waals surface area contributed by atoms with Crippen molar-refractivity contribution in [1.82, 2.24) is 5.32 Å². The van der Waals surface area contributed by atoms with Crippen LogP contribution in [0.3, 0.4) is 0 Å². The van der Waals surface area contributed by atoms with Crippen LogP contribution in [0.2, 0.25) is 0 Å². The molecule has 3 unspecified atom stereocenters. The Labute approximate surface area is 121 Å². The smallest absolute Gasteiger partial charge is 0.240 e. The summed E-state index contributed by atoms with van der Waals surface area (Å²) in [4.78, 5) is 12.1. The molecule has 0 saturated heterocycles. The van der Waals surface area contributed by atoms with Crippen LogP contribution >= 0.6 is 24.2 Å². The quantitative estimate of drug-likeness (QED) is 0.820. The van der Waals surface area contributed by atoms with Gasteiger partial charge >= 0.3 is 0 Å². The lowest BCUT2D eigenvalue weighted by atomic mass is 9.92. The van der Waals surface area contributed by atoms with Crippen molar-refractivity contribution in [3.8, 4) is 0 Å². The van der Waals surface area contributed by atoms with Gasteiger partial charge < -0.3 is 11.1 Å². The van der Waals surface area contributed by atoms with Gasteiger partial charge in [0, 0.05) is 11.3 Å². The minimum atomic E-state index is -0.707. The van der Waals surface area contributed by atoms with E-state index in [4.69, 9.17) is 5.73 Å². The third-order valence-electron chi connectivity index (χ3n) is 3.58. The van der Waals surface area contributed by atoms with Gasteiger partial charge in [-0.1, -0.05) is 19.8 Å². The topological polar surface area (TPSA) is 55.1 Å². The van der Waals surface area contributed by atoms with Crippen molar-refractivity contribution in [2.24, 2.45) is 5.73 Å². The van der Waals surface area contributed by atoms with Crippen LogP contribution < -0.4 is 11.1 Å². The summed E-state index contributed by atoms with van der Waals surface area (Å²) < 4.78 is 0. The van der Waals surface area contributed by atoms with Gasteiger partial charge in [-0.2, -0.15) is 11.8 Å². The van der Waals surface area contributed by atoms with Crippen molar-refractivity contribution in [2.75, 3.05) is 6.26 Å². The van der Waals surface area contributed by atoms with Crippen LogP contribution in [0.15, 0.2) is 0 Å². The molecule has 1 fully saturated rings. The number of carbonyl (C=O) groups excluding carboxylic acids is 1. The maximum Gasteiger partial charge on any atom is 0.240 e. The average molecular weight is 295 g/mol. The molecule has 1 aliphatic carbocycles. The zero-order chi connectivity index (χ0) is 12.9. The maximum absolute atomic E-state index is 12.1. The van der Waals surface area contributed by atoms with E-state index in [-0.39, 0.29) is 18.3 Å². The molecule has 0 aromatic rings. The van der Waals surface area contributed by atoms with E-state index >= 15 is 0 Å². The van der Waals surface area contributed by atoms with Gasteiger partial charge in [0.15, 0.2) is 0 Å². The van der Waals surface area contributed by atoms with Crippen LogP contribution in [-0.2, 0) is 4.79 Å². The fraction of sp³-hybridized carbons (Fsp3) is 0.923. The molecule has 18 heavy (non-hydrogen) atoms. The largest absolute Gasteiger partial charge is 0.352 e. The molecule has 0 heterocycles. The van der Waals surface area contributed by atoms with Crippen LogP contribution in [-0.4, -0.2) is 29.0 Å². The third kappa shape index (κ3) is 5.37. The first-order valence-corrected chi connectivity index (χ1v) is 7.91. The minimum absolute atomic E-state index is 0. The first-order valence-electron chi connectivity index (χ1n) is 6.62. The van der Waals surface area contributed by atoms with Crippen LogP contribution in [0.25, 0.3) is 0 Å². The van der Waals surface area contributed by atoms with Crippen LogP contribution in [0, 0.1) is 0 Å². The lowest BCUT2D eigenvalue weighted by Gasteiger charge is -2.32. The fourth-order valence-electron chi connectivity index (χ4n) is 2.47. The molecule has 1 aliphatic rings. The molecular formula is C13H27ClN2OS. The Morgan fingerprint density at radius 2 is 2.17 bits per heavy atom. The van der Waals surface area contributed by atoms with Gasteiger partial charge in [-0.05, 0) is 38.9 Å². The molecule has 0 bridgehead atoms. The second-order valence-corrected chi connectivity index (χ2v) is 6.50. The molecule has 0 spiro atoms. The molecule has 5 heteroatoms. The van der Waals surface area contributed by atoms with Crippen LogP contribution in [0.4, 0.5) is 0 Å². The molecule has 0 radical (unpaired) electrons. The van der Waals surface area contributed by atoms with Crippen molar-refractivity contribution in [3.63, 3.8) is 0 Å². The average Bonchev–Trinajstić information content (AvgIpc) is 2.29. The van der Waals surface area contributed by atoms with Crippen LogP contribution in [0.5, 0.6) is 0 Å². The molecule has 3 N–H and O–H groups in total. The van der Waals surface area contributed by atoms with E-state index in [0.717, 1.165) is 25.7 Å². The zero-order valence-electron chi connectivity index (χ0n) is 11.7. The number of nitrogens with two attached hydrogens (primary N) is 1. The number of hydrogen-bond acceptors (Lipinski definition) is 3. The number of thioether (sulfide) groups is 1. The highest BCUT2D eigenvalue weighted by Crippen LogP contribution is 2.27. The summed E-state index contributed by atoms with van der Waals surface area (Å²) in [5.41, 5.74) is 5.33. The number of amides is 1. The van der Waals surface area contributed by atoms with Crippen LogP contribution in [0.1, 0.15) is 52.4 Å². The summed E-state index contributed by atoms with van der Waals surface area (Å²) >= 11 is 1.91. The molecular weight excluding hydrogens is 268 g/mol. The van der Waals surface area contributed by atoms with E-state index in [1.165, 1.54) is 12.8 Å². The van der Waals surface area contributed by atoms with Gasteiger partial charge in [0.1, 0.15) is 0 Å². The summed E-state index contributed by atoms with van der Waals surface area (Å²) in [6, 6.07) is 0.327. The highest BCUT2D eigenvalue weighted by molar-refractivity contribution is 7.99. The second-order valence-electron chi connectivity index (χ2n) is 5.36. The zero-order valence-corrected chi connectivity index (χ0v) is 13.3. The number of halogens is 1. The predicted octanol–water partition coefficient (Wildman–Crippen LogP) is 2.72. The third-order valence-corrected chi connectivity index (χ3v) is 4.68. The van der Waals surface area contributed by atoms with E-state index in [1.807, 2.05) is 18.7 Å². The number of carbonyl (C=O) groups is 1. The molecule has 0 aliphatic heterocycles. The van der Waals surface area contributed by atoms with E-state index in [1.54, 1.807) is 0 Å². The SMILES string of the molecule is CCCC(C)(N)C(=O)NC1CCCC(SC)C1.Cl. The Kier molecular flexibility index (Phi) is 8.31. The second kappa shape index (κ2) is 8.28. The number of rotatable bonds is 5. The van der Waals surface area contributed by atoms with Gasteiger partial charge in [-0.25, -0.2) is 0 Å². The van der Waals surface area contributed by atoms with E-state index in [0.29, 0.717) is 11.3 Å². The summed E-state index contributed by atoms with van der Waals surface area (Å²) in [5, 5.41) is 3.83. The van der Waals surface area contributed by atoms with Crippen molar-refractivity contribution < 1.29 is 4.79 Å². The minimum Gasteiger partial charge on any atom is -0.352 e. The first-order chi connectivity index (χ1) is 7.99. The summed E-state index contributed by atoms with van der Waals surface area (Å²) in [5.74, 6) is 0.0195. The molecule has 1 saturated carbocycles. The van der Waals surface area contributed by atoms with Crippen molar-refractivity contribution in [1.29, 1.82) is 0 Å². The number of hydrogen-bond donors (Lipinski definition) is 2. The first kappa shape index (κ1) is 18.1. The lowest BCUT2D eigenvalue weighted by molar-refractivity contribution is -0.127. The Balaban J connectivity index is 0.00000289. The van der Waals surface area contributed by atoms with Crippen molar-refractivity contribution in [2.45, 2.75) is 69.2 Å². The van der Waals surface area contributed by atoms with Gasteiger partial charge in [0.2, 0.25) is 5.91 Å². The molecule has 0 aromatic carbocycles. The Morgan fingerprint density at radius 3 is 2.72 bits per heavy atom. The summed E-state index contributed by atoms with van der Waals surface area (Å²) in [6.45, 7) is 3.89. The maximum atomic E-state index is 12.1. The van der Waals surface area contributed by atoms with Gasteiger partial charge in [-0.3, -0.25) is 4.79 Å². The van der Waals surface area contributed by atoms with Crippen molar-refractivity contribution in [3.05, 3.63) is 0 Å². The molecule has 3 nitrogen and oxygen atoms in total. The Morgan fingerprint density at radius 1 is 1.50 bits per heavy atom. The molecule has 1 amide bonds. The van der Waals surface area contributed by atoms with Gasteiger partial charge in [-0.15, -0.1) is 12.4 Å². The highest BCUT2D eigenvalue weighted by atomic mass is 35.5. The molecule has 108 valence electrons. The van der Waals surface area contributed by atoms with Crippen molar-refractivity contribution >= 4 is 30.1 Å². The number of nitrogens with one attached hydrogen (secondary N) is 1. The standard InChI is InChI=1S/C13H26N2OS.ClH/c1-4-8-13(2,14)12(16)15-10-6-5-7-11(9-10)17-3;/h10-11H,4-9,14H2,1-3H3,(H,15,16);1H. The summed E-state index contributed by atoms with van der Waals surface area (Å²) in [6.07, 6.45) is 8.53. The molecule has 3 atom stereocenters. The van der Waals surface area contributed by atoms with Gasteiger partial charge in [0.25, 0.3) is 0 Å². The van der Waals surface area contributed by atoms with E-state index in [9.17, 15) is 4.79 Å². The Bertz CT molecular complexity index is 261. The highest BCUT2D eigenvalue weighted by Gasteiger charge is 2.30. The lowest BCUT2D eigenvalue weighted by Crippen LogP contribution is -2.54. The fourth-order valence-corrected chi connectivity index (χ4v) is 3.30. The van der Waals surface area contributed by atoms with Gasteiger partial charge in [0.05, 0.1) is 5.54 Å². The van der Waals surface area contributed by atoms with E-state index in [2.05, 4.69) is 18.5 Å². The summed E-state index contributed by atoms with van der Waals surface area (Å²) in [7, 11) is 0. The molecule has 0 aromatic heterocycles. The van der Waals surface area contributed by atoms with E-state index < -0.39 is 5.54 Å². The molecule has 1 rings (SSSR count). The monoisotopic (exact) mass is 294 g/mol. The predicted molar refractivity (Wildman–Crippen MR) is 82.5 cm³/mol. The Hall–Kier alpha value is 0.0700. The normalized spacial score (nSPS) is 26.9.